The Hall–Kier alpha value is -4.51. The number of hydrogen-bond acceptors (Lipinski definition) is 7. The van der Waals surface area contributed by atoms with Gasteiger partial charge in [-0.25, -0.2) is 9.78 Å². The van der Waals surface area contributed by atoms with Gasteiger partial charge in [-0.05, 0) is 35.3 Å². The van der Waals surface area contributed by atoms with Gasteiger partial charge in [-0.2, -0.15) is 40.9 Å². The average molecular weight is 632 g/mol. The number of aromatic nitrogens is 6. The van der Waals surface area contributed by atoms with Crippen LogP contribution in [0.2, 0.25) is 5.02 Å². The maximum absolute atomic E-state index is 13.0. The highest BCUT2D eigenvalue weighted by Crippen LogP contribution is 2.31. The van der Waals surface area contributed by atoms with Crippen molar-refractivity contribution in [1.29, 1.82) is 0 Å². The second kappa shape index (κ2) is 11.8. The fourth-order valence-corrected chi connectivity index (χ4v) is 4.51. The lowest BCUT2D eigenvalue weighted by Gasteiger charge is -2.05. The number of carboxylic acids is 1. The van der Waals surface area contributed by atoms with Gasteiger partial charge < -0.3 is 10.4 Å². The van der Waals surface area contributed by atoms with E-state index in [9.17, 15) is 31.1 Å². The van der Waals surface area contributed by atoms with Gasteiger partial charge in [-0.15, -0.1) is 0 Å². The number of benzene rings is 2. The van der Waals surface area contributed by atoms with Crippen molar-refractivity contribution in [3.05, 3.63) is 75.6 Å². The van der Waals surface area contributed by atoms with Crippen LogP contribution in [0.1, 0.15) is 26.8 Å². The lowest BCUT2D eigenvalue weighted by Crippen LogP contribution is -2.21. The minimum atomic E-state index is -5.08. The van der Waals surface area contributed by atoms with Crippen LogP contribution in [0.15, 0.2) is 48.7 Å². The molecule has 2 aromatic carbocycles. The summed E-state index contributed by atoms with van der Waals surface area (Å²) >= 11 is 7.73. The van der Waals surface area contributed by atoms with Crippen molar-refractivity contribution in [2.75, 3.05) is 5.32 Å². The molecule has 0 radical (unpaired) electrons. The number of aromatic amines is 1. The lowest BCUT2D eigenvalue weighted by molar-refractivity contribution is -0.192. The highest BCUT2D eigenvalue weighted by Gasteiger charge is 2.38. The first-order valence-corrected chi connectivity index (χ1v) is 12.5. The molecule has 0 aliphatic rings. The Kier molecular flexibility index (Phi) is 8.53. The van der Waals surface area contributed by atoms with Crippen molar-refractivity contribution in [1.82, 2.24) is 29.3 Å². The largest absolute Gasteiger partial charge is 0.490 e. The number of nitrogens with one attached hydrogen (secondary N) is 2. The Morgan fingerprint density at radius 2 is 1.83 bits per heavy atom. The van der Waals surface area contributed by atoms with Crippen molar-refractivity contribution in [3.63, 3.8) is 0 Å². The molecule has 18 heteroatoms. The number of aryl methyl sites for hydroxylation is 1. The lowest BCUT2D eigenvalue weighted by atomic mass is 10.1. The van der Waals surface area contributed by atoms with E-state index in [0.717, 1.165) is 28.5 Å². The first-order valence-electron chi connectivity index (χ1n) is 11.4. The number of nitrogens with zero attached hydrogens (tertiary/aromatic N) is 5. The highest BCUT2D eigenvalue weighted by atomic mass is 35.5. The second-order valence-electron chi connectivity index (χ2n) is 8.43. The molecule has 0 saturated heterocycles. The summed E-state index contributed by atoms with van der Waals surface area (Å²) in [5.74, 6) is -3.06. The zero-order chi connectivity index (χ0) is 30.8. The number of H-pyrrole nitrogens is 1. The molecule has 3 heterocycles. The number of hydrogen-bond donors (Lipinski definition) is 3. The van der Waals surface area contributed by atoms with E-state index in [-0.39, 0.29) is 5.69 Å². The number of carbonyl (C=O) groups is 2. The standard InChI is InChI=1S/C22H15ClF3N7OS.C2HF3O2/c1-33-17(22(24,25)26)9-16(31-33)21(34)28-13-4-2-3-12(7-13)20-29-18(35-32-20)8-11-5-6-15-14(19(11)23)10-27-30-15;3-2(4,5)1(6)7/h2-7,9-10H,8H2,1H3,(H,27,30)(H,28,34);(H,6,7). The van der Waals surface area contributed by atoms with Crippen LogP contribution in [-0.4, -0.2) is 52.5 Å². The zero-order valence-electron chi connectivity index (χ0n) is 20.9. The number of fused-ring (bicyclic) bond motifs is 1. The van der Waals surface area contributed by atoms with Crippen LogP contribution in [0.25, 0.3) is 22.3 Å². The first-order chi connectivity index (χ1) is 19.6. The fourth-order valence-electron chi connectivity index (χ4n) is 3.55. The molecule has 0 spiro atoms. The normalized spacial score (nSPS) is 11.7. The molecule has 3 aromatic heterocycles. The number of carboxylic acid groups (broad SMARTS) is 1. The molecule has 1 amide bonds. The van der Waals surface area contributed by atoms with Crippen molar-refractivity contribution in [3.8, 4) is 11.4 Å². The summed E-state index contributed by atoms with van der Waals surface area (Å²) in [7, 11) is 1.13. The van der Waals surface area contributed by atoms with E-state index >= 15 is 0 Å². The van der Waals surface area contributed by atoms with Gasteiger partial charge in [-0.1, -0.05) is 29.8 Å². The third-order valence-electron chi connectivity index (χ3n) is 5.47. The molecule has 0 fully saturated rings. The molecule has 42 heavy (non-hydrogen) atoms. The number of amides is 1. The monoisotopic (exact) mass is 631 g/mol. The van der Waals surface area contributed by atoms with Crippen molar-refractivity contribution >= 4 is 51.6 Å². The van der Waals surface area contributed by atoms with Crippen LogP contribution < -0.4 is 5.32 Å². The Bertz CT molecular complexity index is 1760. The van der Waals surface area contributed by atoms with Crippen LogP contribution in [0.4, 0.5) is 32.0 Å². The molecule has 0 atom stereocenters. The van der Waals surface area contributed by atoms with Gasteiger partial charge in [0.05, 0.1) is 16.7 Å². The number of halogens is 7. The molecule has 3 N–H and O–H groups in total. The summed E-state index contributed by atoms with van der Waals surface area (Å²) in [5.41, 5.74) is 1.39. The van der Waals surface area contributed by atoms with Crippen molar-refractivity contribution in [2.24, 2.45) is 7.05 Å². The Morgan fingerprint density at radius 3 is 2.48 bits per heavy atom. The van der Waals surface area contributed by atoms with Gasteiger partial charge in [0.25, 0.3) is 5.91 Å². The predicted molar refractivity (Wildman–Crippen MR) is 139 cm³/mol. The summed E-state index contributed by atoms with van der Waals surface area (Å²) < 4.78 is 75.7. The van der Waals surface area contributed by atoms with Crippen molar-refractivity contribution in [2.45, 2.75) is 18.8 Å². The number of anilines is 1. The Morgan fingerprint density at radius 1 is 1.12 bits per heavy atom. The van der Waals surface area contributed by atoms with E-state index < -0.39 is 29.9 Å². The fraction of sp³-hybridized carbons (Fsp3) is 0.167. The highest BCUT2D eigenvalue weighted by molar-refractivity contribution is 7.05. The van der Waals surface area contributed by atoms with Gasteiger partial charge in [0, 0.05) is 36.2 Å². The van der Waals surface area contributed by atoms with E-state index in [1.165, 1.54) is 11.5 Å². The third-order valence-corrected chi connectivity index (χ3v) is 6.63. The van der Waals surface area contributed by atoms with Crippen molar-refractivity contribution < 1.29 is 41.0 Å². The van der Waals surface area contributed by atoms with Gasteiger partial charge in [0.15, 0.2) is 11.5 Å². The van der Waals surface area contributed by atoms with Crippen LogP contribution >= 0.6 is 23.1 Å². The molecule has 220 valence electrons. The molecule has 0 aliphatic carbocycles. The van der Waals surface area contributed by atoms with E-state index in [4.69, 9.17) is 21.5 Å². The minimum Gasteiger partial charge on any atom is -0.475 e. The summed E-state index contributed by atoms with van der Waals surface area (Å²) in [6.07, 6.45) is -7.54. The number of alkyl halides is 6. The van der Waals surface area contributed by atoms with Crippen LogP contribution in [0.3, 0.4) is 0 Å². The van der Waals surface area contributed by atoms with Gasteiger partial charge in [0.1, 0.15) is 10.7 Å². The second-order valence-corrected chi connectivity index (χ2v) is 9.65. The average Bonchev–Trinajstić information content (AvgIpc) is 3.65. The summed E-state index contributed by atoms with van der Waals surface area (Å²) in [5, 5.41) is 22.4. The van der Waals surface area contributed by atoms with E-state index in [0.29, 0.717) is 39.3 Å². The van der Waals surface area contributed by atoms with Gasteiger partial charge in [0.2, 0.25) is 0 Å². The quantitative estimate of drug-likeness (QED) is 0.203. The molecule has 0 saturated carbocycles. The summed E-state index contributed by atoms with van der Waals surface area (Å²) in [6, 6.07) is 11.2. The molecule has 10 nitrogen and oxygen atoms in total. The Balaban J connectivity index is 0.000000517. The number of aliphatic carboxylic acids is 1. The number of rotatable bonds is 5. The molecular formula is C24H16ClF6N7O3S. The molecule has 5 rings (SSSR count). The molecule has 0 unspecified atom stereocenters. The Labute approximate surface area is 240 Å². The maximum atomic E-state index is 13.0. The van der Waals surface area contributed by atoms with Gasteiger partial charge >= 0.3 is 18.3 Å². The SMILES string of the molecule is Cn1nc(C(=O)Nc2cccc(-c3nsc(Cc4ccc5[nH]ncc5c4Cl)n3)c2)cc1C(F)(F)F.O=C(O)C(F)(F)F. The van der Waals surface area contributed by atoms with Crippen LogP contribution in [0.5, 0.6) is 0 Å². The number of carbonyl (C=O) groups excluding carboxylic acids is 1. The topological polar surface area (TPSA) is 139 Å². The molecular weight excluding hydrogens is 616 g/mol. The van der Waals surface area contributed by atoms with E-state index in [1.807, 2.05) is 12.1 Å². The molecule has 0 bridgehead atoms. The van der Waals surface area contributed by atoms with Crippen LogP contribution in [-0.2, 0) is 24.4 Å². The summed E-state index contributed by atoms with van der Waals surface area (Å²) in [6.45, 7) is 0. The summed E-state index contributed by atoms with van der Waals surface area (Å²) in [4.78, 5) is 25.9. The van der Waals surface area contributed by atoms with Gasteiger partial charge in [-0.3, -0.25) is 14.6 Å². The molecule has 5 aromatic rings. The van der Waals surface area contributed by atoms with Crippen LogP contribution in [0, 0.1) is 0 Å². The maximum Gasteiger partial charge on any atom is 0.490 e. The smallest absolute Gasteiger partial charge is 0.475 e. The minimum absolute atomic E-state index is 0.342. The predicted octanol–water partition coefficient (Wildman–Crippen LogP) is 5.96. The molecule has 0 aliphatic heterocycles. The third kappa shape index (κ3) is 7.03. The van der Waals surface area contributed by atoms with E-state index in [2.05, 4.69) is 30.0 Å². The zero-order valence-corrected chi connectivity index (χ0v) is 22.5. The van der Waals surface area contributed by atoms with E-state index in [1.54, 1.807) is 30.5 Å². The first kappa shape index (κ1) is 30.4.